The van der Waals surface area contributed by atoms with Crippen molar-refractivity contribution in [3.05, 3.63) is 12.7 Å². The van der Waals surface area contributed by atoms with Crippen LogP contribution in [0, 0.1) is 0 Å². The number of rotatable bonds is 3. The topological polar surface area (TPSA) is 20.3 Å². The van der Waals surface area contributed by atoms with Gasteiger partial charge in [-0.25, -0.2) is 0 Å². The molecule has 1 amide bonds. The number of likely N-dealkylation sites (tertiary alicyclic amines) is 1. The van der Waals surface area contributed by atoms with Crippen LogP contribution in [0.1, 0.15) is 32.6 Å². The zero-order chi connectivity index (χ0) is 8.97. The molecule has 0 saturated carbocycles. The highest BCUT2D eigenvalue weighted by Gasteiger charge is 2.25. The molecule has 0 aromatic rings. The molecule has 0 spiro atoms. The molecule has 0 N–H and O–H groups in total. The molecule has 68 valence electrons. The molecule has 0 radical (unpaired) electrons. The number of hydrogen-bond acceptors (Lipinski definition) is 1. The van der Waals surface area contributed by atoms with Gasteiger partial charge in [0, 0.05) is 19.0 Å². The van der Waals surface area contributed by atoms with Crippen LogP contribution in [-0.2, 0) is 4.79 Å². The second-order valence-electron chi connectivity index (χ2n) is 3.28. The largest absolute Gasteiger partial charge is 0.336 e. The van der Waals surface area contributed by atoms with Gasteiger partial charge in [-0.2, -0.15) is 0 Å². The first-order valence-electron chi connectivity index (χ1n) is 4.71. The Morgan fingerprint density at radius 2 is 2.50 bits per heavy atom. The molecule has 1 atom stereocenters. The van der Waals surface area contributed by atoms with E-state index in [0.29, 0.717) is 18.4 Å². The van der Waals surface area contributed by atoms with E-state index in [1.807, 2.05) is 17.9 Å². The Bertz CT molecular complexity index is 177. The van der Waals surface area contributed by atoms with Crippen molar-refractivity contribution < 1.29 is 4.79 Å². The minimum absolute atomic E-state index is 0.292. The van der Waals surface area contributed by atoms with E-state index < -0.39 is 0 Å². The summed E-state index contributed by atoms with van der Waals surface area (Å²) in [4.78, 5) is 13.4. The molecule has 12 heavy (non-hydrogen) atoms. The number of amides is 1. The normalized spacial score (nSPS) is 22.8. The van der Waals surface area contributed by atoms with E-state index in [9.17, 15) is 4.79 Å². The molecule has 0 aromatic carbocycles. The molecular formula is C10H17NO. The smallest absolute Gasteiger partial charge is 0.223 e. The van der Waals surface area contributed by atoms with Gasteiger partial charge < -0.3 is 4.90 Å². The van der Waals surface area contributed by atoms with Crippen molar-refractivity contribution in [1.82, 2.24) is 4.90 Å². The predicted molar refractivity (Wildman–Crippen MR) is 49.8 cm³/mol. The first kappa shape index (κ1) is 9.30. The van der Waals surface area contributed by atoms with E-state index in [4.69, 9.17) is 0 Å². The van der Waals surface area contributed by atoms with Crippen molar-refractivity contribution in [3.63, 3.8) is 0 Å². The standard InChI is InChI=1S/C10H17NO/c1-3-6-10(12)11-8-5-7-9(11)4-2/h4,9H,2-3,5-8H2,1H3. The molecule has 1 rings (SSSR count). The van der Waals surface area contributed by atoms with Crippen molar-refractivity contribution in [2.45, 2.75) is 38.6 Å². The summed E-state index contributed by atoms with van der Waals surface area (Å²) in [5, 5.41) is 0. The van der Waals surface area contributed by atoms with Gasteiger partial charge in [0.05, 0.1) is 0 Å². The number of carbonyl (C=O) groups excluding carboxylic acids is 1. The van der Waals surface area contributed by atoms with Gasteiger partial charge in [0.1, 0.15) is 0 Å². The van der Waals surface area contributed by atoms with E-state index in [0.717, 1.165) is 25.8 Å². The van der Waals surface area contributed by atoms with E-state index in [1.165, 1.54) is 0 Å². The quantitative estimate of drug-likeness (QED) is 0.588. The summed E-state index contributed by atoms with van der Waals surface area (Å²) < 4.78 is 0. The van der Waals surface area contributed by atoms with Crippen LogP contribution in [0.5, 0.6) is 0 Å². The Morgan fingerprint density at radius 3 is 3.08 bits per heavy atom. The fourth-order valence-electron chi connectivity index (χ4n) is 1.70. The average Bonchev–Trinajstić information content (AvgIpc) is 2.51. The van der Waals surface area contributed by atoms with Crippen LogP contribution in [0.25, 0.3) is 0 Å². The lowest BCUT2D eigenvalue weighted by atomic mass is 10.2. The summed E-state index contributed by atoms with van der Waals surface area (Å²) >= 11 is 0. The minimum Gasteiger partial charge on any atom is -0.336 e. The summed E-state index contributed by atoms with van der Waals surface area (Å²) in [7, 11) is 0. The van der Waals surface area contributed by atoms with Crippen LogP contribution in [0.4, 0.5) is 0 Å². The Morgan fingerprint density at radius 1 is 1.75 bits per heavy atom. The third-order valence-corrected chi connectivity index (χ3v) is 2.36. The maximum Gasteiger partial charge on any atom is 0.223 e. The van der Waals surface area contributed by atoms with Gasteiger partial charge in [0.15, 0.2) is 0 Å². The first-order chi connectivity index (χ1) is 5.79. The van der Waals surface area contributed by atoms with Gasteiger partial charge in [-0.05, 0) is 19.3 Å². The Labute approximate surface area is 74.2 Å². The zero-order valence-electron chi connectivity index (χ0n) is 7.75. The number of carbonyl (C=O) groups is 1. The van der Waals surface area contributed by atoms with Crippen molar-refractivity contribution in [3.8, 4) is 0 Å². The fraction of sp³-hybridized carbons (Fsp3) is 0.700. The summed E-state index contributed by atoms with van der Waals surface area (Å²) in [6.07, 6.45) is 5.75. The van der Waals surface area contributed by atoms with Gasteiger partial charge in [-0.15, -0.1) is 6.58 Å². The molecular weight excluding hydrogens is 150 g/mol. The van der Waals surface area contributed by atoms with Crippen LogP contribution in [-0.4, -0.2) is 23.4 Å². The van der Waals surface area contributed by atoms with Gasteiger partial charge >= 0.3 is 0 Å². The third-order valence-electron chi connectivity index (χ3n) is 2.36. The van der Waals surface area contributed by atoms with E-state index in [2.05, 4.69) is 6.58 Å². The molecule has 1 saturated heterocycles. The Kier molecular flexibility index (Phi) is 3.32. The lowest BCUT2D eigenvalue weighted by molar-refractivity contribution is -0.131. The predicted octanol–water partition coefficient (Wildman–Crippen LogP) is 1.96. The Balaban J connectivity index is 2.49. The van der Waals surface area contributed by atoms with Crippen molar-refractivity contribution in [2.24, 2.45) is 0 Å². The summed E-state index contributed by atoms with van der Waals surface area (Å²) in [5.74, 6) is 0.292. The van der Waals surface area contributed by atoms with Crippen LogP contribution in [0.3, 0.4) is 0 Å². The monoisotopic (exact) mass is 167 g/mol. The molecule has 1 aliphatic rings. The van der Waals surface area contributed by atoms with Crippen molar-refractivity contribution in [2.75, 3.05) is 6.54 Å². The summed E-state index contributed by atoms with van der Waals surface area (Å²) in [6, 6.07) is 0.309. The average molecular weight is 167 g/mol. The maximum atomic E-state index is 11.5. The highest BCUT2D eigenvalue weighted by atomic mass is 16.2. The molecule has 2 nitrogen and oxygen atoms in total. The van der Waals surface area contributed by atoms with Crippen LogP contribution in [0.2, 0.25) is 0 Å². The summed E-state index contributed by atoms with van der Waals surface area (Å²) in [6.45, 7) is 6.71. The third kappa shape index (κ3) is 1.87. The van der Waals surface area contributed by atoms with Gasteiger partial charge in [-0.1, -0.05) is 13.0 Å². The summed E-state index contributed by atoms with van der Waals surface area (Å²) in [5.41, 5.74) is 0. The SMILES string of the molecule is C=CC1CCCN1C(=O)CCC. The number of nitrogens with zero attached hydrogens (tertiary/aromatic N) is 1. The van der Waals surface area contributed by atoms with Crippen molar-refractivity contribution in [1.29, 1.82) is 0 Å². The van der Waals surface area contributed by atoms with E-state index in [1.54, 1.807) is 0 Å². The van der Waals surface area contributed by atoms with E-state index in [-0.39, 0.29) is 0 Å². The molecule has 1 heterocycles. The van der Waals surface area contributed by atoms with Crippen LogP contribution >= 0.6 is 0 Å². The zero-order valence-corrected chi connectivity index (χ0v) is 7.75. The minimum atomic E-state index is 0.292. The fourth-order valence-corrected chi connectivity index (χ4v) is 1.70. The van der Waals surface area contributed by atoms with Gasteiger partial charge in [-0.3, -0.25) is 4.79 Å². The second kappa shape index (κ2) is 4.29. The van der Waals surface area contributed by atoms with Crippen LogP contribution < -0.4 is 0 Å². The second-order valence-corrected chi connectivity index (χ2v) is 3.28. The lowest BCUT2D eigenvalue weighted by Gasteiger charge is -2.21. The highest BCUT2D eigenvalue weighted by molar-refractivity contribution is 5.77. The maximum absolute atomic E-state index is 11.5. The number of hydrogen-bond donors (Lipinski definition) is 0. The molecule has 0 bridgehead atoms. The Hall–Kier alpha value is -0.790. The van der Waals surface area contributed by atoms with E-state index >= 15 is 0 Å². The first-order valence-corrected chi connectivity index (χ1v) is 4.71. The molecule has 0 aromatic heterocycles. The molecule has 1 fully saturated rings. The van der Waals surface area contributed by atoms with Gasteiger partial charge in [0.2, 0.25) is 5.91 Å². The lowest BCUT2D eigenvalue weighted by Crippen LogP contribution is -2.33. The molecule has 1 unspecified atom stereocenters. The molecule has 0 aliphatic carbocycles. The molecule has 1 aliphatic heterocycles. The van der Waals surface area contributed by atoms with Gasteiger partial charge in [0.25, 0.3) is 0 Å². The molecule has 2 heteroatoms. The van der Waals surface area contributed by atoms with Crippen LogP contribution in [0.15, 0.2) is 12.7 Å². The highest BCUT2D eigenvalue weighted by Crippen LogP contribution is 2.18. The van der Waals surface area contributed by atoms with Crippen molar-refractivity contribution >= 4 is 5.91 Å².